The molecule has 1 aromatic carbocycles. The van der Waals surface area contributed by atoms with Crippen LogP contribution in [0.5, 0.6) is 0 Å². The van der Waals surface area contributed by atoms with Crippen LogP contribution in [0.4, 0.5) is 0 Å². The van der Waals surface area contributed by atoms with Crippen LogP contribution >= 0.6 is 0 Å². The van der Waals surface area contributed by atoms with Crippen molar-refractivity contribution in [1.29, 1.82) is 0 Å². The first-order valence-corrected chi connectivity index (χ1v) is 10.0. The van der Waals surface area contributed by atoms with Crippen molar-refractivity contribution in [2.24, 2.45) is 7.05 Å². The maximum Gasteiger partial charge on any atom is 0.269 e. The van der Waals surface area contributed by atoms with E-state index in [2.05, 4.69) is 25.9 Å². The van der Waals surface area contributed by atoms with E-state index in [1.807, 2.05) is 46.9 Å². The number of amides is 2. The molecule has 0 radical (unpaired) electrons. The predicted octanol–water partition coefficient (Wildman–Crippen LogP) is 2.89. The number of rotatable bonds is 7. The number of carbonyl (C=O) groups is 2. The molecule has 0 fully saturated rings. The summed E-state index contributed by atoms with van der Waals surface area (Å²) < 4.78 is 1.80. The summed E-state index contributed by atoms with van der Waals surface area (Å²) in [7, 11) is 1.88. The zero-order valence-electron chi connectivity index (χ0n) is 18.0. The van der Waals surface area contributed by atoms with E-state index in [-0.39, 0.29) is 17.9 Å². The monoisotopic (exact) mass is 408 g/mol. The molecule has 0 saturated carbocycles. The minimum atomic E-state index is -0.262. The summed E-state index contributed by atoms with van der Waals surface area (Å²) in [6.07, 6.45) is 0.867. The van der Waals surface area contributed by atoms with E-state index in [0.717, 1.165) is 28.9 Å². The van der Waals surface area contributed by atoms with Gasteiger partial charge in [0.05, 0.1) is 11.4 Å². The number of aryl methyl sites for hydroxylation is 2. The Labute approximate surface area is 176 Å². The Morgan fingerprint density at radius 2 is 1.97 bits per heavy atom. The first-order chi connectivity index (χ1) is 14.3. The van der Waals surface area contributed by atoms with E-state index in [1.165, 1.54) is 0 Å². The molecule has 30 heavy (non-hydrogen) atoms. The number of benzene rings is 1. The van der Waals surface area contributed by atoms with Crippen LogP contribution < -0.4 is 10.6 Å². The molecular weight excluding hydrogens is 380 g/mol. The van der Waals surface area contributed by atoms with Crippen molar-refractivity contribution in [2.45, 2.75) is 46.7 Å². The Bertz CT molecular complexity index is 1070. The Kier molecular flexibility index (Phi) is 6.34. The number of hydrogen-bond donors (Lipinski definition) is 3. The van der Waals surface area contributed by atoms with Crippen molar-refractivity contribution in [2.75, 3.05) is 0 Å². The number of nitrogens with zero attached hydrogens (tertiary/aromatic N) is 3. The van der Waals surface area contributed by atoms with Crippen LogP contribution in [0.3, 0.4) is 0 Å². The SMILES string of the molecule is CCC(C)NC(=O)c1cccc(CNC(=O)c2cc(-c3c(C)nn(C)c3C)n[nH]2)c1. The van der Waals surface area contributed by atoms with Crippen molar-refractivity contribution in [3.63, 3.8) is 0 Å². The number of aromatic nitrogens is 4. The highest BCUT2D eigenvalue weighted by molar-refractivity contribution is 5.95. The number of H-pyrrole nitrogens is 1. The highest BCUT2D eigenvalue weighted by Gasteiger charge is 2.17. The molecule has 3 N–H and O–H groups in total. The van der Waals surface area contributed by atoms with Gasteiger partial charge in [-0.1, -0.05) is 19.1 Å². The zero-order valence-corrected chi connectivity index (χ0v) is 18.0. The summed E-state index contributed by atoms with van der Waals surface area (Å²) in [4.78, 5) is 24.9. The second kappa shape index (κ2) is 8.94. The Hall–Kier alpha value is -3.42. The normalized spacial score (nSPS) is 11.9. The van der Waals surface area contributed by atoms with Gasteiger partial charge in [0.25, 0.3) is 11.8 Å². The first-order valence-electron chi connectivity index (χ1n) is 10.0. The van der Waals surface area contributed by atoms with Gasteiger partial charge in [-0.25, -0.2) is 0 Å². The molecule has 2 heterocycles. The molecule has 0 spiro atoms. The third-order valence-electron chi connectivity index (χ3n) is 5.22. The molecule has 0 aliphatic heterocycles. The fourth-order valence-corrected chi connectivity index (χ4v) is 3.22. The van der Waals surface area contributed by atoms with Crippen molar-refractivity contribution in [3.8, 4) is 11.3 Å². The summed E-state index contributed by atoms with van der Waals surface area (Å²) in [6, 6.07) is 9.09. The molecule has 0 bridgehead atoms. The molecule has 2 amide bonds. The Morgan fingerprint density at radius 3 is 2.63 bits per heavy atom. The van der Waals surface area contributed by atoms with Crippen molar-refractivity contribution < 1.29 is 9.59 Å². The minimum absolute atomic E-state index is 0.113. The van der Waals surface area contributed by atoms with Gasteiger partial charge in [-0.05, 0) is 51.0 Å². The Balaban J connectivity index is 1.66. The largest absolute Gasteiger partial charge is 0.350 e. The molecule has 1 unspecified atom stereocenters. The number of aromatic amines is 1. The summed E-state index contributed by atoms with van der Waals surface area (Å²) in [5, 5.41) is 17.3. The second-order valence-corrected chi connectivity index (χ2v) is 7.50. The smallest absolute Gasteiger partial charge is 0.269 e. The second-order valence-electron chi connectivity index (χ2n) is 7.50. The van der Waals surface area contributed by atoms with Gasteiger partial charge < -0.3 is 10.6 Å². The molecule has 3 rings (SSSR count). The predicted molar refractivity (Wildman–Crippen MR) is 115 cm³/mol. The van der Waals surface area contributed by atoms with E-state index < -0.39 is 0 Å². The van der Waals surface area contributed by atoms with Gasteiger partial charge >= 0.3 is 0 Å². The molecule has 158 valence electrons. The fourth-order valence-electron chi connectivity index (χ4n) is 3.22. The quantitative estimate of drug-likeness (QED) is 0.559. The van der Waals surface area contributed by atoms with Crippen molar-refractivity contribution in [1.82, 2.24) is 30.6 Å². The summed E-state index contributed by atoms with van der Waals surface area (Å²) in [6.45, 7) is 8.18. The van der Waals surface area contributed by atoms with Gasteiger partial charge in [0, 0.05) is 36.5 Å². The summed E-state index contributed by atoms with van der Waals surface area (Å²) in [5.41, 5.74) is 5.25. The lowest BCUT2D eigenvalue weighted by Crippen LogP contribution is -2.32. The van der Waals surface area contributed by atoms with E-state index in [1.54, 1.807) is 22.9 Å². The van der Waals surface area contributed by atoms with Gasteiger partial charge in [0.15, 0.2) is 0 Å². The first kappa shape index (κ1) is 21.3. The summed E-state index contributed by atoms with van der Waals surface area (Å²) >= 11 is 0. The zero-order chi connectivity index (χ0) is 21.8. The number of carbonyl (C=O) groups excluding carboxylic acids is 2. The van der Waals surface area contributed by atoms with Crippen LogP contribution in [0.1, 0.15) is 58.1 Å². The highest BCUT2D eigenvalue weighted by atomic mass is 16.2. The molecule has 8 heteroatoms. The van der Waals surface area contributed by atoms with Gasteiger partial charge in [-0.3, -0.25) is 19.4 Å². The molecule has 3 aromatic rings. The molecule has 1 atom stereocenters. The van der Waals surface area contributed by atoms with Crippen LogP contribution in [0.2, 0.25) is 0 Å². The lowest BCUT2D eigenvalue weighted by atomic mass is 10.1. The molecule has 8 nitrogen and oxygen atoms in total. The van der Waals surface area contributed by atoms with Crippen molar-refractivity contribution in [3.05, 3.63) is 58.5 Å². The van der Waals surface area contributed by atoms with Crippen LogP contribution in [0.25, 0.3) is 11.3 Å². The average molecular weight is 409 g/mol. The Morgan fingerprint density at radius 1 is 1.20 bits per heavy atom. The molecule has 0 aliphatic carbocycles. The minimum Gasteiger partial charge on any atom is -0.350 e. The van der Waals surface area contributed by atoms with Crippen LogP contribution in [0, 0.1) is 13.8 Å². The summed E-state index contributed by atoms with van der Waals surface area (Å²) in [5.74, 6) is -0.375. The van der Waals surface area contributed by atoms with Crippen LogP contribution in [-0.4, -0.2) is 37.8 Å². The fraction of sp³-hybridized carbons (Fsp3) is 0.364. The van der Waals surface area contributed by atoms with Gasteiger partial charge in [0.1, 0.15) is 5.69 Å². The number of hydrogen-bond acceptors (Lipinski definition) is 4. The van der Waals surface area contributed by atoms with E-state index in [9.17, 15) is 9.59 Å². The lowest BCUT2D eigenvalue weighted by Gasteiger charge is -2.12. The van der Waals surface area contributed by atoms with Crippen molar-refractivity contribution >= 4 is 11.8 Å². The lowest BCUT2D eigenvalue weighted by molar-refractivity contribution is 0.0935. The van der Waals surface area contributed by atoms with Crippen LogP contribution in [-0.2, 0) is 13.6 Å². The van der Waals surface area contributed by atoms with Crippen LogP contribution in [0.15, 0.2) is 30.3 Å². The molecular formula is C22H28N6O2. The van der Waals surface area contributed by atoms with E-state index in [4.69, 9.17) is 0 Å². The highest BCUT2D eigenvalue weighted by Crippen LogP contribution is 2.25. The standard InChI is InChI=1S/C22H28N6O2/c1-6-13(2)24-21(29)17-9-7-8-16(10-17)12-23-22(30)19-11-18(25-26-19)20-14(3)27-28(5)15(20)4/h7-11,13H,6,12H2,1-5H3,(H,23,30)(H,24,29)(H,25,26). The molecule has 2 aromatic heterocycles. The van der Waals surface area contributed by atoms with E-state index in [0.29, 0.717) is 23.5 Å². The van der Waals surface area contributed by atoms with E-state index >= 15 is 0 Å². The number of nitrogens with one attached hydrogen (secondary N) is 3. The third kappa shape index (κ3) is 4.59. The maximum absolute atomic E-state index is 12.6. The topological polar surface area (TPSA) is 105 Å². The van der Waals surface area contributed by atoms with Gasteiger partial charge in [-0.2, -0.15) is 10.2 Å². The van der Waals surface area contributed by atoms with Gasteiger partial charge in [0.2, 0.25) is 0 Å². The molecule has 0 aliphatic rings. The maximum atomic E-state index is 12.6. The third-order valence-corrected chi connectivity index (χ3v) is 5.22. The van der Waals surface area contributed by atoms with Gasteiger partial charge in [-0.15, -0.1) is 0 Å². The average Bonchev–Trinajstić information content (AvgIpc) is 3.30. The molecule has 0 saturated heterocycles.